The van der Waals surface area contributed by atoms with Gasteiger partial charge in [0.2, 0.25) is 0 Å². The standard InChI is InChI=1S/C7H13N3O2/c1-6(2)12-4-7-3-10(5-11)9-8-7/h3,6,11H,4-5H2,1-2H3. The maximum Gasteiger partial charge on any atom is 0.137 e. The van der Waals surface area contributed by atoms with E-state index >= 15 is 0 Å². The van der Waals surface area contributed by atoms with E-state index in [2.05, 4.69) is 10.3 Å². The van der Waals surface area contributed by atoms with Crippen molar-refractivity contribution in [3.05, 3.63) is 11.9 Å². The molecule has 5 heteroatoms. The predicted octanol–water partition coefficient (Wildman–Crippen LogP) is 0.153. The lowest BCUT2D eigenvalue weighted by molar-refractivity contribution is 0.0635. The topological polar surface area (TPSA) is 60.2 Å². The highest BCUT2D eigenvalue weighted by Crippen LogP contribution is 1.98. The summed E-state index contributed by atoms with van der Waals surface area (Å²) in [6, 6.07) is 0. The zero-order valence-corrected chi connectivity index (χ0v) is 7.27. The Labute approximate surface area is 71.0 Å². The number of ether oxygens (including phenoxy) is 1. The molecule has 0 bridgehead atoms. The highest BCUT2D eigenvalue weighted by Gasteiger charge is 2.00. The van der Waals surface area contributed by atoms with Gasteiger partial charge < -0.3 is 9.84 Å². The van der Waals surface area contributed by atoms with Crippen LogP contribution in [-0.2, 0) is 18.1 Å². The van der Waals surface area contributed by atoms with Crippen molar-refractivity contribution in [3.8, 4) is 0 Å². The molecular formula is C7H13N3O2. The molecule has 0 saturated heterocycles. The summed E-state index contributed by atoms with van der Waals surface area (Å²) >= 11 is 0. The second kappa shape index (κ2) is 4.18. The average Bonchev–Trinajstić information content (AvgIpc) is 2.48. The number of hydrogen-bond donors (Lipinski definition) is 1. The van der Waals surface area contributed by atoms with Crippen molar-refractivity contribution in [2.45, 2.75) is 33.3 Å². The zero-order chi connectivity index (χ0) is 8.97. The normalized spacial score (nSPS) is 11.0. The van der Waals surface area contributed by atoms with Crippen LogP contribution < -0.4 is 0 Å². The van der Waals surface area contributed by atoms with Crippen molar-refractivity contribution in [3.63, 3.8) is 0 Å². The number of rotatable bonds is 4. The van der Waals surface area contributed by atoms with Gasteiger partial charge in [0.05, 0.1) is 18.9 Å². The monoisotopic (exact) mass is 171 g/mol. The molecule has 0 spiro atoms. The van der Waals surface area contributed by atoms with Crippen LogP contribution in [-0.4, -0.2) is 26.2 Å². The molecule has 0 aromatic carbocycles. The maximum absolute atomic E-state index is 8.65. The van der Waals surface area contributed by atoms with Gasteiger partial charge in [-0.1, -0.05) is 5.21 Å². The van der Waals surface area contributed by atoms with Crippen molar-refractivity contribution in [2.24, 2.45) is 0 Å². The van der Waals surface area contributed by atoms with Gasteiger partial charge in [-0.2, -0.15) is 0 Å². The molecule has 1 rings (SSSR count). The Morgan fingerprint density at radius 2 is 2.42 bits per heavy atom. The Balaban J connectivity index is 2.41. The molecular weight excluding hydrogens is 158 g/mol. The molecule has 0 radical (unpaired) electrons. The van der Waals surface area contributed by atoms with Crippen LogP contribution in [0.15, 0.2) is 6.20 Å². The minimum Gasteiger partial charge on any atom is -0.374 e. The second-order valence-electron chi connectivity index (χ2n) is 2.75. The van der Waals surface area contributed by atoms with E-state index in [1.54, 1.807) is 6.20 Å². The fourth-order valence-electron chi connectivity index (χ4n) is 0.726. The van der Waals surface area contributed by atoms with Gasteiger partial charge in [0, 0.05) is 0 Å². The number of aromatic nitrogens is 3. The molecule has 1 aromatic rings. The fraction of sp³-hybridized carbons (Fsp3) is 0.714. The minimum atomic E-state index is -0.144. The van der Waals surface area contributed by atoms with E-state index in [4.69, 9.17) is 9.84 Å². The summed E-state index contributed by atoms with van der Waals surface area (Å²) in [4.78, 5) is 0. The van der Waals surface area contributed by atoms with Gasteiger partial charge in [-0.15, -0.1) is 5.10 Å². The molecule has 0 aliphatic heterocycles. The minimum absolute atomic E-state index is 0.144. The Hall–Kier alpha value is -0.940. The summed E-state index contributed by atoms with van der Waals surface area (Å²) in [5.41, 5.74) is 0.734. The Morgan fingerprint density at radius 1 is 1.67 bits per heavy atom. The van der Waals surface area contributed by atoms with Crippen LogP contribution >= 0.6 is 0 Å². The molecule has 0 saturated carbocycles. The predicted molar refractivity (Wildman–Crippen MR) is 42.2 cm³/mol. The molecule has 1 N–H and O–H groups in total. The lowest BCUT2D eigenvalue weighted by atomic mass is 10.4. The van der Waals surface area contributed by atoms with Gasteiger partial charge in [-0.3, -0.25) is 0 Å². The molecule has 12 heavy (non-hydrogen) atoms. The van der Waals surface area contributed by atoms with Crippen LogP contribution in [0.3, 0.4) is 0 Å². The highest BCUT2D eigenvalue weighted by molar-refractivity contribution is 4.89. The molecule has 0 aliphatic rings. The third-order valence-electron chi connectivity index (χ3n) is 1.30. The van der Waals surface area contributed by atoms with Gasteiger partial charge in [0.1, 0.15) is 12.4 Å². The van der Waals surface area contributed by atoms with Crippen molar-refractivity contribution in [1.29, 1.82) is 0 Å². The van der Waals surface area contributed by atoms with Crippen molar-refractivity contribution < 1.29 is 9.84 Å². The molecule has 1 heterocycles. The molecule has 5 nitrogen and oxygen atoms in total. The number of nitrogens with zero attached hydrogens (tertiary/aromatic N) is 3. The third kappa shape index (κ3) is 2.60. The zero-order valence-electron chi connectivity index (χ0n) is 7.27. The number of aliphatic hydroxyl groups is 1. The highest BCUT2D eigenvalue weighted by atomic mass is 16.5. The van der Waals surface area contributed by atoms with Gasteiger partial charge in [0.15, 0.2) is 0 Å². The first-order chi connectivity index (χ1) is 5.72. The third-order valence-corrected chi connectivity index (χ3v) is 1.30. The Morgan fingerprint density at radius 3 is 2.92 bits per heavy atom. The molecule has 68 valence electrons. The SMILES string of the molecule is CC(C)OCc1cn(CO)nn1. The molecule has 0 atom stereocenters. The van der Waals surface area contributed by atoms with Gasteiger partial charge in [-0.25, -0.2) is 4.68 Å². The van der Waals surface area contributed by atoms with E-state index < -0.39 is 0 Å². The quantitative estimate of drug-likeness (QED) is 0.700. The van der Waals surface area contributed by atoms with Crippen LogP contribution in [0, 0.1) is 0 Å². The fourth-order valence-corrected chi connectivity index (χ4v) is 0.726. The lowest BCUT2D eigenvalue weighted by Crippen LogP contribution is -2.02. The van der Waals surface area contributed by atoms with Crippen molar-refractivity contribution >= 4 is 0 Å². The van der Waals surface area contributed by atoms with E-state index in [9.17, 15) is 0 Å². The summed E-state index contributed by atoms with van der Waals surface area (Å²) in [6.45, 7) is 4.21. The second-order valence-corrected chi connectivity index (χ2v) is 2.75. The van der Waals surface area contributed by atoms with Crippen LogP contribution in [0.25, 0.3) is 0 Å². The summed E-state index contributed by atoms with van der Waals surface area (Å²) in [5.74, 6) is 0. The van der Waals surface area contributed by atoms with Crippen LogP contribution in [0.1, 0.15) is 19.5 Å². The summed E-state index contributed by atoms with van der Waals surface area (Å²) < 4.78 is 6.63. The van der Waals surface area contributed by atoms with Gasteiger partial charge in [-0.05, 0) is 13.8 Å². The smallest absolute Gasteiger partial charge is 0.137 e. The molecule has 1 aromatic heterocycles. The largest absolute Gasteiger partial charge is 0.374 e. The molecule has 0 fully saturated rings. The first kappa shape index (κ1) is 9.15. The summed E-state index contributed by atoms with van der Waals surface area (Å²) in [6.07, 6.45) is 1.84. The van der Waals surface area contributed by atoms with E-state index in [-0.39, 0.29) is 12.8 Å². The Kier molecular flexibility index (Phi) is 3.19. The lowest BCUT2D eigenvalue weighted by Gasteiger charge is -2.03. The van der Waals surface area contributed by atoms with Crippen LogP contribution in [0.4, 0.5) is 0 Å². The molecule has 0 amide bonds. The first-order valence-electron chi connectivity index (χ1n) is 3.84. The number of aliphatic hydroxyl groups excluding tert-OH is 1. The van der Waals surface area contributed by atoms with Crippen molar-refractivity contribution in [1.82, 2.24) is 15.0 Å². The summed E-state index contributed by atoms with van der Waals surface area (Å²) in [7, 11) is 0. The van der Waals surface area contributed by atoms with E-state index in [0.29, 0.717) is 6.61 Å². The molecule has 0 aliphatic carbocycles. The van der Waals surface area contributed by atoms with Gasteiger partial charge >= 0.3 is 0 Å². The Bertz CT molecular complexity index is 234. The van der Waals surface area contributed by atoms with E-state index in [0.717, 1.165) is 5.69 Å². The molecule has 0 unspecified atom stereocenters. The van der Waals surface area contributed by atoms with E-state index in [1.807, 2.05) is 13.8 Å². The first-order valence-corrected chi connectivity index (χ1v) is 3.84. The van der Waals surface area contributed by atoms with Gasteiger partial charge in [0.25, 0.3) is 0 Å². The van der Waals surface area contributed by atoms with E-state index in [1.165, 1.54) is 4.68 Å². The average molecular weight is 171 g/mol. The van der Waals surface area contributed by atoms with Crippen molar-refractivity contribution in [2.75, 3.05) is 0 Å². The maximum atomic E-state index is 8.65. The van der Waals surface area contributed by atoms with Crippen LogP contribution in [0.2, 0.25) is 0 Å². The summed E-state index contributed by atoms with van der Waals surface area (Å²) in [5, 5.41) is 16.1. The number of hydrogen-bond acceptors (Lipinski definition) is 4. The van der Waals surface area contributed by atoms with Crippen LogP contribution in [0.5, 0.6) is 0 Å².